The Bertz CT molecular complexity index is 415. The second-order valence-electron chi connectivity index (χ2n) is 4.03. The van der Waals surface area contributed by atoms with Crippen molar-refractivity contribution in [3.8, 4) is 5.75 Å². The number of anilines is 1. The standard InChI is InChI=1S/C13H19NO3/c1-9-7-11(12(17-4)8-10(9)2)14(3)13(16)5-6-15/h7-8,15H,5-6H2,1-4H3. The molecule has 0 radical (unpaired) electrons. The van der Waals surface area contributed by atoms with Gasteiger partial charge < -0.3 is 14.7 Å². The number of carbonyl (C=O) groups is 1. The number of carbonyl (C=O) groups excluding carboxylic acids is 1. The van der Waals surface area contributed by atoms with Gasteiger partial charge in [-0.2, -0.15) is 0 Å². The van der Waals surface area contributed by atoms with Gasteiger partial charge in [0, 0.05) is 7.05 Å². The molecule has 0 saturated heterocycles. The molecule has 17 heavy (non-hydrogen) atoms. The van der Waals surface area contributed by atoms with E-state index in [9.17, 15) is 4.79 Å². The molecule has 0 spiro atoms. The number of ether oxygens (including phenoxy) is 1. The third-order valence-corrected chi connectivity index (χ3v) is 2.86. The fourth-order valence-corrected chi connectivity index (χ4v) is 1.60. The van der Waals surface area contributed by atoms with Gasteiger partial charge in [0.2, 0.25) is 5.91 Å². The third kappa shape index (κ3) is 2.97. The molecule has 4 heteroatoms. The maximum absolute atomic E-state index is 11.7. The number of rotatable bonds is 4. The molecule has 0 heterocycles. The number of hydrogen-bond acceptors (Lipinski definition) is 3. The molecule has 4 nitrogen and oxygen atoms in total. The molecule has 1 N–H and O–H groups in total. The number of amides is 1. The monoisotopic (exact) mass is 237 g/mol. The van der Waals surface area contributed by atoms with Crippen LogP contribution in [-0.2, 0) is 4.79 Å². The van der Waals surface area contributed by atoms with E-state index in [0.717, 1.165) is 16.8 Å². The molecule has 1 rings (SSSR count). The van der Waals surface area contributed by atoms with E-state index < -0.39 is 0 Å². The molecule has 0 aliphatic rings. The van der Waals surface area contributed by atoms with Gasteiger partial charge in [0.25, 0.3) is 0 Å². The highest BCUT2D eigenvalue weighted by molar-refractivity contribution is 5.94. The number of nitrogens with zero attached hydrogens (tertiary/aromatic N) is 1. The summed E-state index contributed by atoms with van der Waals surface area (Å²) in [5.41, 5.74) is 2.95. The second kappa shape index (κ2) is 5.68. The number of aliphatic hydroxyl groups is 1. The molecule has 0 aliphatic carbocycles. The Morgan fingerprint density at radius 3 is 2.47 bits per heavy atom. The molecule has 94 valence electrons. The molecule has 1 aromatic rings. The van der Waals surface area contributed by atoms with Crippen molar-refractivity contribution in [1.29, 1.82) is 0 Å². The average molecular weight is 237 g/mol. The van der Waals surface area contributed by atoms with Crippen molar-refractivity contribution in [1.82, 2.24) is 0 Å². The fourth-order valence-electron chi connectivity index (χ4n) is 1.60. The van der Waals surface area contributed by atoms with Gasteiger partial charge in [-0.1, -0.05) is 0 Å². The van der Waals surface area contributed by atoms with Gasteiger partial charge in [-0.3, -0.25) is 4.79 Å². The van der Waals surface area contributed by atoms with Gasteiger partial charge in [0.1, 0.15) is 5.75 Å². The Labute approximate surface area is 102 Å². The van der Waals surface area contributed by atoms with Crippen LogP contribution in [-0.4, -0.2) is 31.8 Å². The largest absolute Gasteiger partial charge is 0.495 e. The first-order valence-electron chi connectivity index (χ1n) is 5.54. The first kappa shape index (κ1) is 13.5. The molecule has 0 atom stereocenters. The second-order valence-corrected chi connectivity index (χ2v) is 4.03. The lowest BCUT2D eigenvalue weighted by Crippen LogP contribution is -2.27. The van der Waals surface area contributed by atoms with E-state index in [0.29, 0.717) is 5.75 Å². The van der Waals surface area contributed by atoms with E-state index in [4.69, 9.17) is 9.84 Å². The van der Waals surface area contributed by atoms with Crippen molar-refractivity contribution in [3.05, 3.63) is 23.3 Å². The van der Waals surface area contributed by atoms with Gasteiger partial charge in [-0.05, 0) is 37.1 Å². The Morgan fingerprint density at radius 1 is 1.35 bits per heavy atom. The van der Waals surface area contributed by atoms with E-state index >= 15 is 0 Å². The van der Waals surface area contributed by atoms with Crippen LogP contribution in [0.2, 0.25) is 0 Å². The van der Waals surface area contributed by atoms with Crippen LogP contribution in [0.4, 0.5) is 5.69 Å². The number of aliphatic hydroxyl groups excluding tert-OH is 1. The molecule has 1 amide bonds. The highest BCUT2D eigenvalue weighted by Gasteiger charge is 2.15. The average Bonchev–Trinajstić information content (AvgIpc) is 2.31. The molecule has 0 fully saturated rings. The molecule has 0 bridgehead atoms. The van der Waals surface area contributed by atoms with Crippen molar-refractivity contribution >= 4 is 11.6 Å². The Morgan fingerprint density at radius 2 is 1.94 bits per heavy atom. The van der Waals surface area contributed by atoms with Crippen LogP contribution in [0.25, 0.3) is 0 Å². The lowest BCUT2D eigenvalue weighted by atomic mass is 10.1. The van der Waals surface area contributed by atoms with Crippen molar-refractivity contribution in [3.63, 3.8) is 0 Å². The van der Waals surface area contributed by atoms with E-state index in [1.54, 1.807) is 14.2 Å². The Hall–Kier alpha value is -1.55. The van der Waals surface area contributed by atoms with Crippen LogP contribution >= 0.6 is 0 Å². The molecule has 0 unspecified atom stereocenters. The zero-order valence-corrected chi connectivity index (χ0v) is 10.8. The Kier molecular flexibility index (Phi) is 4.52. The summed E-state index contributed by atoms with van der Waals surface area (Å²) in [4.78, 5) is 13.2. The molecule has 0 aliphatic heterocycles. The maximum Gasteiger partial charge on any atom is 0.229 e. The minimum absolute atomic E-state index is 0.118. The molecule has 0 aromatic heterocycles. The number of benzene rings is 1. The van der Waals surface area contributed by atoms with Gasteiger partial charge in [-0.25, -0.2) is 0 Å². The number of hydrogen-bond donors (Lipinski definition) is 1. The summed E-state index contributed by atoms with van der Waals surface area (Å²) in [5.74, 6) is 0.538. The minimum Gasteiger partial charge on any atom is -0.495 e. The lowest BCUT2D eigenvalue weighted by molar-refractivity contribution is -0.118. The van der Waals surface area contributed by atoms with Crippen molar-refractivity contribution in [2.75, 3.05) is 25.7 Å². The van der Waals surface area contributed by atoms with E-state index in [1.807, 2.05) is 26.0 Å². The van der Waals surface area contributed by atoms with Gasteiger partial charge in [-0.15, -0.1) is 0 Å². The first-order valence-corrected chi connectivity index (χ1v) is 5.54. The fraction of sp³-hybridized carbons (Fsp3) is 0.462. The van der Waals surface area contributed by atoms with E-state index in [1.165, 1.54) is 4.90 Å². The van der Waals surface area contributed by atoms with E-state index in [-0.39, 0.29) is 18.9 Å². The zero-order valence-electron chi connectivity index (χ0n) is 10.8. The van der Waals surface area contributed by atoms with Crippen LogP contribution in [0.3, 0.4) is 0 Å². The molecule has 1 aromatic carbocycles. The highest BCUT2D eigenvalue weighted by Crippen LogP contribution is 2.30. The normalized spacial score (nSPS) is 10.2. The minimum atomic E-state index is -0.143. The van der Waals surface area contributed by atoms with Crippen molar-refractivity contribution in [2.24, 2.45) is 0 Å². The van der Waals surface area contributed by atoms with Crippen LogP contribution < -0.4 is 9.64 Å². The van der Waals surface area contributed by atoms with Gasteiger partial charge >= 0.3 is 0 Å². The summed E-state index contributed by atoms with van der Waals surface area (Å²) >= 11 is 0. The predicted molar refractivity (Wildman–Crippen MR) is 67.6 cm³/mol. The quantitative estimate of drug-likeness (QED) is 0.866. The summed E-state index contributed by atoms with van der Waals surface area (Å²) in [6.07, 6.45) is 0.118. The molecular weight excluding hydrogens is 218 g/mol. The van der Waals surface area contributed by atoms with Crippen LogP contribution in [0.15, 0.2) is 12.1 Å². The first-order chi connectivity index (χ1) is 8.01. The predicted octanol–water partition coefficient (Wildman–Crippen LogP) is 1.66. The zero-order chi connectivity index (χ0) is 13.0. The number of methoxy groups -OCH3 is 1. The van der Waals surface area contributed by atoms with Gasteiger partial charge in [0.15, 0.2) is 0 Å². The van der Waals surface area contributed by atoms with Crippen molar-refractivity contribution in [2.45, 2.75) is 20.3 Å². The van der Waals surface area contributed by atoms with Crippen molar-refractivity contribution < 1.29 is 14.6 Å². The number of aryl methyl sites for hydroxylation is 2. The topological polar surface area (TPSA) is 49.8 Å². The van der Waals surface area contributed by atoms with Gasteiger partial charge in [0.05, 0.1) is 25.8 Å². The Balaban J connectivity index is 3.11. The summed E-state index contributed by atoms with van der Waals surface area (Å²) in [5, 5.41) is 8.78. The summed E-state index contributed by atoms with van der Waals surface area (Å²) < 4.78 is 5.27. The lowest BCUT2D eigenvalue weighted by Gasteiger charge is -2.21. The molecular formula is C13H19NO3. The summed E-state index contributed by atoms with van der Waals surface area (Å²) in [6.45, 7) is 3.84. The third-order valence-electron chi connectivity index (χ3n) is 2.86. The molecule has 0 saturated carbocycles. The van der Waals surface area contributed by atoms with E-state index in [2.05, 4.69) is 0 Å². The summed E-state index contributed by atoms with van der Waals surface area (Å²) in [6, 6.07) is 3.83. The smallest absolute Gasteiger partial charge is 0.229 e. The van der Waals surface area contributed by atoms with Crippen LogP contribution in [0.1, 0.15) is 17.5 Å². The summed E-state index contributed by atoms with van der Waals surface area (Å²) in [7, 11) is 3.27. The van der Waals surface area contributed by atoms with Crippen LogP contribution in [0, 0.1) is 13.8 Å². The SMILES string of the molecule is COc1cc(C)c(C)cc1N(C)C(=O)CCO. The highest BCUT2D eigenvalue weighted by atomic mass is 16.5. The maximum atomic E-state index is 11.7. The van der Waals surface area contributed by atoms with Crippen LogP contribution in [0.5, 0.6) is 5.75 Å².